The van der Waals surface area contributed by atoms with Crippen molar-refractivity contribution in [1.82, 2.24) is 9.55 Å². The van der Waals surface area contributed by atoms with E-state index in [1.165, 1.54) is 17.7 Å². The number of benzene rings is 9. The summed E-state index contributed by atoms with van der Waals surface area (Å²) in [6.45, 7) is 2.10. The average molecular weight is 839 g/mol. The molecule has 10 rings (SSSR count). The molecule has 0 N–H and O–H groups in total. The Morgan fingerprint density at radius 3 is 1.20 bits per heavy atom. The van der Waals surface area contributed by atoms with Gasteiger partial charge in [0, 0.05) is 45.4 Å². The van der Waals surface area contributed by atoms with Crippen LogP contribution in [0.1, 0.15) is 11.1 Å². The number of rotatable bonds is 10. The normalized spacial score (nSPS) is 11.4. The molecule has 0 unspecified atom stereocenters. The van der Waals surface area contributed by atoms with Crippen molar-refractivity contribution in [2.45, 2.75) is 13.1 Å². The van der Waals surface area contributed by atoms with Crippen LogP contribution in [0, 0.1) is 6.92 Å². The first-order chi connectivity index (χ1) is 31.3. The molecule has 0 saturated carbocycles. The Bertz CT molecular complexity index is 3140. The van der Waals surface area contributed by atoms with Gasteiger partial charge in [0.15, 0.2) is 0 Å². The summed E-state index contributed by atoms with van der Waals surface area (Å²) < 4.78 is 42.4. The van der Waals surface area contributed by atoms with E-state index in [4.69, 9.17) is 4.98 Å². The zero-order valence-electron chi connectivity index (χ0n) is 34.9. The summed E-state index contributed by atoms with van der Waals surface area (Å²) in [6.07, 6.45) is -4.41. The van der Waals surface area contributed by atoms with Crippen molar-refractivity contribution in [2.24, 2.45) is 0 Å². The Labute approximate surface area is 370 Å². The van der Waals surface area contributed by atoms with E-state index in [-0.39, 0.29) is 0 Å². The third-order valence-electron chi connectivity index (χ3n) is 11.5. The van der Waals surface area contributed by atoms with Crippen LogP contribution >= 0.6 is 0 Å². The number of aryl methyl sites for hydroxylation is 1. The lowest BCUT2D eigenvalue weighted by atomic mass is 10.0. The number of hydrogen-bond donors (Lipinski definition) is 0. The first kappa shape index (κ1) is 39.9. The molecule has 0 fully saturated rings. The molecule has 310 valence electrons. The molecule has 0 amide bonds. The fourth-order valence-corrected chi connectivity index (χ4v) is 8.24. The van der Waals surface area contributed by atoms with Crippen LogP contribution < -0.4 is 9.80 Å². The van der Waals surface area contributed by atoms with Gasteiger partial charge in [-0.2, -0.15) is 13.2 Å². The van der Waals surface area contributed by atoms with Gasteiger partial charge in [-0.15, -0.1) is 0 Å². The topological polar surface area (TPSA) is 24.3 Å². The molecule has 9 aromatic carbocycles. The summed E-state index contributed by atoms with van der Waals surface area (Å²) in [7, 11) is 0. The molecule has 1 aromatic heterocycles. The van der Waals surface area contributed by atoms with Gasteiger partial charge < -0.3 is 9.80 Å². The van der Waals surface area contributed by atoms with Crippen LogP contribution in [0.2, 0.25) is 0 Å². The SMILES string of the molecule is Cc1ccc(N(c2ccccc2)c2ccc(-c3ccc(-c4nc5ccccc5n4-c4ccc(-c5ccc(N(c6ccccc6)c6ccc(C(F)(F)F)cc6)cc5)cc4)cc3)cc2)cc1. The van der Waals surface area contributed by atoms with E-state index in [0.717, 1.165) is 90.9 Å². The standard InChI is InChI=1S/C57H41F3N4/c1-40-16-30-49(31-17-40)62(47-10-4-2-5-11-47)50-32-22-42(23-33-50)41-18-20-45(21-19-41)56-61-54-14-8-9-15-55(54)64(56)53-36-26-44(27-37-53)43-24-34-51(35-25-43)63(48-12-6-3-7-13-48)52-38-28-46(29-39-52)57(58,59)60/h2-39H,1H3. The van der Waals surface area contributed by atoms with Crippen molar-refractivity contribution in [3.8, 4) is 39.3 Å². The van der Waals surface area contributed by atoms with Crippen molar-refractivity contribution in [3.63, 3.8) is 0 Å². The Morgan fingerprint density at radius 2 is 0.734 bits per heavy atom. The number of anilines is 6. The average Bonchev–Trinajstić information content (AvgIpc) is 3.73. The third kappa shape index (κ3) is 8.03. The summed E-state index contributed by atoms with van der Waals surface area (Å²) in [5.41, 5.74) is 14.3. The Balaban J connectivity index is 0.917. The van der Waals surface area contributed by atoms with Gasteiger partial charge in [0.25, 0.3) is 0 Å². The lowest BCUT2D eigenvalue weighted by Gasteiger charge is -2.26. The highest BCUT2D eigenvalue weighted by atomic mass is 19.4. The van der Waals surface area contributed by atoms with Crippen molar-refractivity contribution in [3.05, 3.63) is 242 Å². The summed E-state index contributed by atoms with van der Waals surface area (Å²) in [5, 5.41) is 0. The minimum Gasteiger partial charge on any atom is -0.311 e. The van der Waals surface area contributed by atoms with E-state index in [2.05, 4.69) is 144 Å². The molecule has 1 heterocycles. The fraction of sp³-hybridized carbons (Fsp3) is 0.0351. The van der Waals surface area contributed by atoms with Gasteiger partial charge in [0.05, 0.1) is 16.6 Å². The largest absolute Gasteiger partial charge is 0.416 e. The van der Waals surface area contributed by atoms with Crippen LogP contribution in [-0.2, 0) is 6.18 Å². The van der Waals surface area contributed by atoms with Crippen molar-refractivity contribution in [2.75, 3.05) is 9.80 Å². The zero-order valence-corrected chi connectivity index (χ0v) is 34.9. The zero-order chi connectivity index (χ0) is 43.6. The summed E-state index contributed by atoms with van der Waals surface area (Å²) in [6, 6.07) is 76.0. The highest BCUT2D eigenvalue weighted by Gasteiger charge is 2.30. The Hall–Kier alpha value is -8.16. The molecule has 0 aliphatic heterocycles. The molecular weight excluding hydrogens is 798 g/mol. The number of aromatic nitrogens is 2. The number of imidazole rings is 1. The van der Waals surface area contributed by atoms with Gasteiger partial charge in [-0.25, -0.2) is 4.98 Å². The number of halogens is 3. The summed E-state index contributed by atoms with van der Waals surface area (Å²) in [5.74, 6) is 0.848. The second kappa shape index (κ2) is 17.0. The molecule has 4 nitrogen and oxygen atoms in total. The van der Waals surface area contributed by atoms with E-state index in [0.29, 0.717) is 5.69 Å². The van der Waals surface area contributed by atoms with E-state index < -0.39 is 11.7 Å². The highest BCUT2D eigenvalue weighted by Crippen LogP contribution is 2.39. The molecule has 0 aliphatic rings. The molecule has 0 saturated heterocycles. The maximum atomic E-state index is 13.4. The second-order valence-corrected chi connectivity index (χ2v) is 15.7. The lowest BCUT2D eigenvalue weighted by molar-refractivity contribution is -0.137. The van der Waals surface area contributed by atoms with Crippen molar-refractivity contribution >= 4 is 45.2 Å². The van der Waals surface area contributed by atoms with Crippen LogP contribution in [-0.4, -0.2) is 9.55 Å². The molecule has 10 aromatic rings. The number of fused-ring (bicyclic) bond motifs is 1. The Kier molecular flexibility index (Phi) is 10.6. The molecule has 64 heavy (non-hydrogen) atoms. The van der Waals surface area contributed by atoms with Crippen LogP contribution in [0.5, 0.6) is 0 Å². The monoisotopic (exact) mass is 838 g/mol. The van der Waals surface area contributed by atoms with Gasteiger partial charge in [-0.1, -0.05) is 127 Å². The molecule has 0 atom stereocenters. The second-order valence-electron chi connectivity index (χ2n) is 15.7. The van der Waals surface area contributed by atoms with Crippen LogP contribution in [0.15, 0.2) is 231 Å². The van der Waals surface area contributed by atoms with Crippen LogP contribution in [0.25, 0.3) is 50.4 Å². The van der Waals surface area contributed by atoms with Gasteiger partial charge in [0.1, 0.15) is 5.82 Å². The van der Waals surface area contributed by atoms with E-state index in [1.54, 1.807) is 0 Å². The molecular formula is C57H41F3N4. The maximum absolute atomic E-state index is 13.4. The number of alkyl halides is 3. The van der Waals surface area contributed by atoms with E-state index in [9.17, 15) is 13.2 Å². The minimum absolute atomic E-state index is 0.633. The molecule has 0 radical (unpaired) electrons. The first-order valence-electron chi connectivity index (χ1n) is 21.1. The first-order valence-corrected chi connectivity index (χ1v) is 21.1. The quantitative estimate of drug-likeness (QED) is 0.137. The van der Waals surface area contributed by atoms with Gasteiger partial charge >= 0.3 is 6.18 Å². The van der Waals surface area contributed by atoms with E-state index >= 15 is 0 Å². The summed E-state index contributed by atoms with van der Waals surface area (Å²) in [4.78, 5) is 9.35. The predicted molar refractivity (Wildman–Crippen MR) is 256 cm³/mol. The van der Waals surface area contributed by atoms with Crippen LogP contribution in [0.3, 0.4) is 0 Å². The van der Waals surface area contributed by atoms with Gasteiger partial charge in [-0.3, -0.25) is 4.57 Å². The number of hydrogen-bond acceptors (Lipinski definition) is 3. The van der Waals surface area contributed by atoms with Crippen molar-refractivity contribution < 1.29 is 13.2 Å². The maximum Gasteiger partial charge on any atom is 0.416 e. The predicted octanol–water partition coefficient (Wildman–Crippen LogP) is 16.3. The Morgan fingerprint density at radius 1 is 0.375 bits per heavy atom. The van der Waals surface area contributed by atoms with Crippen LogP contribution in [0.4, 0.5) is 47.3 Å². The number of para-hydroxylation sites is 4. The summed E-state index contributed by atoms with van der Waals surface area (Å²) >= 11 is 0. The molecule has 0 bridgehead atoms. The molecule has 0 aliphatic carbocycles. The smallest absolute Gasteiger partial charge is 0.311 e. The fourth-order valence-electron chi connectivity index (χ4n) is 8.24. The third-order valence-corrected chi connectivity index (χ3v) is 11.5. The van der Waals surface area contributed by atoms with Crippen molar-refractivity contribution in [1.29, 1.82) is 0 Å². The lowest BCUT2D eigenvalue weighted by Crippen LogP contribution is -2.11. The molecule has 0 spiro atoms. The van der Waals surface area contributed by atoms with Gasteiger partial charge in [-0.05, 0) is 138 Å². The number of nitrogens with zero attached hydrogens (tertiary/aromatic N) is 4. The molecule has 7 heteroatoms. The van der Waals surface area contributed by atoms with E-state index in [1.807, 2.05) is 83.8 Å². The minimum atomic E-state index is -4.41. The van der Waals surface area contributed by atoms with Gasteiger partial charge in [0.2, 0.25) is 0 Å². The highest BCUT2D eigenvalue weighted by molar-refractivity contribution is 5.85.